The van der Waals surface area contributed by atoms with Crippen LogP contribution in [0.1, 0.15) is 6.92 Å². The second kappa shape index (κ2) is 6.29. The van der Waals surface area contributed by atoms with E-state index in [1.165, 1.54) is 29.0 Å². The molecule has 0 unspecified atom stereocenters. The van der Waals surface area contributed by atoms with Crippen molar-refractivity contribution in [3.8, 4) is 21.7 Å². The molecule has 0 bridgehead atoms. The van der Waals surface area contributed by atoms with Gasteiger partial charge >= 0.3 is 0 Å². The highest BCUT2D eigenvalue weighted by molar-refractivity contribution is 9.10. The summed E-state index contributed by atoms with van der Waals surface area (Å²) < 4.78 is 34.1. The van der Waals surface area contributed by atoms with Crippen LogP contribution in [-0.2, 0) is 6.54 Å². The van der Waals surface area contributed by atoms with Crippen LogP contribution in [0.2, 0.25) is 0 Å². The Morgan fingerprint density at radius 3 is 2.57 bits per heavy atom. The maximum atomic E-state index is 14.3. The molecule has 2 aromatic heterocycles. The van der Waals surface area contributed by atoms with Gasteiger partial charge in [-0.05, 0) is 52.6 Å². The molecule has 0 amide bonds. The molecule has 0 saturated carbocycles. The fourth-order valence-electron chi connectivity index (χ4n) is 2.40. The van der Waals surface area contributed by atoms with Gasteiger partial charge in [-0.2, -0.15) is 0 Å². The van der Waals surface area contributed by atoms with Gasteiger partial charge in [-0.25, -0.2) is 8.78 Å². The van der Waals surface area contributed by atoms with Crippen LogP contribution in [-0.4, -0.2) is 14.2 Å². The van der Waals surface area contributed by atoms with Gasteiger partial charge in [0.05, 0.1) is 26.8 Å². The van der Waals surface area contributed by atoms with Gasteiger partial charge in [0, 0.05) is 12.1 Å². The summed E-state index contributed by atoms with van der Waals surface area (Å²) in [6, 6.07) is 5.17. The lowest BCUT2D eigenvalue weighted by molar-refractivity contribution is 0.584. The molecule has 8 heteroatoms. The highest BCUT2D eigenvalue weighted by Crippen LogP contribution is 2.36. The molecular weight excluding hydrogens is 388 g/mol. The van der Waals surface area contributed by atoms with E-state index in [0.717, 1.165) is 11.5 Å². The van der Waals surface area contributed by atoms with Gasteiger partial charge in [-0.15, -0.1) is 5.10 Å². The molecule has 0 aliphatic heterocycles. The van der Waals surface area contributed by atoms with Crippen molar-refractivity contribution in [3.05, 3.63) is 56.9 Å². The monoisotopic (exact) mass is 397 g/mol. The second-order valence-corrected chi connectivity index (χ2v) is 6.32. The zero-order valence-electron chi connectivity index (χ0n) is 11.9. The first-order valence-corrected chi connectivity index (χ1v) is 8.26. The number of hydrogen-bond donors (Lipinski definition) is 0. The van der Waals surface area contributed by atoms with E-state index in [1.807, 2.05) is 0 Å². The average Bonchev–Trinajstić information content (AvgIpc) is 3.04. The number of aromatic nitrogens is 3. The number of nitrogens with zero attached hydrogens (tertiary/aromatic N) is 3. The predicted octanol–water partition coefficient (Wildman–Crippen LogP) is 4.09. The Bertz CT molecular complexity index is 905. The van der Waals surface area contributed by atoms with Crippen molar-refractivity contribution in [1.82, 2.24) is 14.2 Å². The summed E-state index contributed by atoms with van der Waals surface area (Å²) in [7, 11) is 0. The number of halogens is 3. The number of rotatable bonds is 3. The van der Waals surface area contributed by atoms with Crippen molar-refractivity contribution in [3.63, 3.8) is 0 Å². The van der Waals surface area contributed by atoms with Crippen molar-refractivity contribution < 1.29 is 8.78 Å². The maximum absolute atomic E-state index is 14.3. The van der Waals surface area contributed by atoms with Crippen LogP contribution >= 0.6 is 27.5 Å². The van der Waals surface area contributed by atoms with Crippen LogP contribution in [0.5, 0.6) is 0 Å². The standard InChI is InChI=1S/C15H10BrF2N3OS/c1-2-21-14(13-10(17)4-3-5-11(13)18)8(6-9(16)15(21)22)12-7-19-20-23-12/h3-7H,2H2,1H3. The molecule has 23 heavy (non-hydrogen) atoms. The molecule has 1 aromatic carbocycles. The Labute approximate surface area is 142 Å². The highest BCUT2D eigenvalue weighted by Gasteiger charge is 2.22. The Balaban J connectivity index is 2.48. The Morgan fingerprint density at radius 1 is 1.30 bits per heavy atom. The van der Waals surface area contributed by atoms with Crippen molar-refractivity contribution in [1.29, 1.82) is 0 Å². The van der Waals surface area contributed by atoms with Crippen molar-refractivity contribution >= 4 is 27.5 Å². The van der Waals surface area contributed by atoms with Crippen molar-refractivity contribution in [2.24, 2.45) is 0 Å². The molecule has 0 aliphatic rings. The van der Waals surface area contributed by atoms with Crippen molar-refractivity contribution in [2.45, 2.75) is 13.5 Å². The van der Waals surface area contributed by atoms with Gasteiger partial charge < -0.3 is 4.57 Å². The van der Waals surface area contributed by atoms with Gasteiger partial charge in [-0.1, -0.05) is 10.6 Å². The summed E-state index contributed by atoms with van der Waals surface area (Å²) in [5.41, 5.74) is 0.0911. The molecule has 3 aromatic rings. The lowest BCUT2D eigenvalue weighted by Crippen LogP contribution is -2.23. The fourth-order valence-corrected chi connectivity index (χ4v) is 3.38. The van der Waals surface area contributed by atoms with Crippen LogP contribution in [0.4, 0.5) is 8.78 Å². The molecule has 0 fully saturated rings. The largest absolute Gasteiger partial charge is 0.307 e. The number of benzene rings is 1. The lowest BCUT2D eigenvalue weighted by atomic mass is 10.0. The van der Waals surface area contributed by atoms with Crippen LogP contribution < -0.4 is 5.56 Å². The Morgan fingerprint density at radius 2 is 2.00 bits per heavy atom. The van der Waals surface area contributed by atoms with Crippen molar-refractivity contribution in [2.75, 3.05) is 0 Å². The molecule has 118 valence electrons. The van der Waals surface area contributed by atoms with Gasteiger partial charge in [0.2, 0.25) is 0 Å². The third-order valence-electron chi connectivity index (χ3n) is 3.39. The molecule has 4 nitrogen and oxygen atoms in total. The van der Waals surface area contributed by atoms with Gasteiger partial charge in [-0.3, -0.25) is 4.79 Å². The van der Waals surface area contributed by atoms with E-state index in [-0.39, 0.29) is 23.4 Å². The summed E-state index contributed by atoms with van der Waals surface area (Å²) in [5, 5.41) is 3.76. The fraction of sp³-hybridized carbons (Fsp3) is 0.133. The van der Waals surface area contributed by atoms with E-state index in [2.05, 4.69) is 25.5 Å². The summed E-state index contributed by atoms with van der Waals surface area (Å²) in [6.07, 6.45) is 1.50. The summed E-state index contributed by atoms with van der Waals surface area (Å²) >= 11 is 4.30. The molecule has 0 radical (unpaired) electrons. The van der Waals surface area contributed by atoms with E-state index in [1.54, 1.807) is 13.0 Å². The minimum Gasteiger partial charge on any atom is -0.307 e. The third-order valence-corrected chi connectivity index (χ3v) is 4.65. The minimum absolute atomic E-state index is 0.183. The number of hydrogen-bond acceptors (Lipinski definition) is 4. The molecule has 0 atom stereocenters. The van der Waals surface area contributed by atoms with Crippen LogP contribution in [0.15, 0.2) is 39.7 Å². The van der Waals surface area contributed by atoms with Gasteiger partial charge in [0.1, 0.15) is 11.6 Å². The first-order valence-electron chi connectivity index (χ1n) is 6.70. The van der Waals surface area contributed by atoms with Crippen LogP contribution in [0, 0.1) is 11.6 Å². The van der Waals surface area contributed by atoms with E-state index in [0.29, 0.717) is 14.9 Å². The lowest BCUT2D eigenvalue weighted by Gasteiger charge is -2.17. The summed E-state index contributed by atoms with van der Waals surface area (Å²) in [5.74, 6) is -1.46. The normalized spacial score (nSPS) is 11.0. The van der Waals surface area contributed by atoms with Crippen LogP contribution in [0.25, 0.3) is 21.7 Å². The minimum atomic E-state index is -0.729. The molecule has 2 heterocycles. The smallest absolute Gasteiger partial charge is 0.265 e. The topological polar surface area (TPSA) is 47.8 Å². The molecule has 3 rings (SSSR count). The first-order chi connectivity index (χ1) is 11.0. The zero-order chi connectivity index (χ0) is 16.6. The van der Waals surface area contributed by atoms with Crippen LogP contribution in [0.3, 0.4) is 0 Å². The second-order valence-electron chi connectivity index (χ2n) is 4.68. The molecule has 0 saturated heterocycles. The van der Waals surface area contributed by atoms with E-state index in [9.17, 15) is 13.6 Å². The molecule has 0 N–H and O–H groups in total. The Hall–Kier alpha value is -1.93. The maximum Gasteiger partial charge on any atom is 0.265 e. The van der Waals surface area contributed by atoms with Gasteiger partial charge in [0.25, 0.3) is 5.56 Å². The molecule has 0 spiro atoms. The first kappa shape index (κ1) is 15.9. The summed E-state index contributed by atoms with van der Waals surface area (Å²) in [4.78, 5) is 13.0. The number of pyridine rings is 1. The van der Waals surface area contributed by atoms with E-state index >= 15 is 0 Å². The quantitative estimate of drug-likeness (QED) is 0.668. The van der Waals surface area contributed by atoms with E-state index < -0.39 is 11.6 Å². The molecule has 0 aliphatic carbocycles. The zero-order valence-corrected chi connectivity index (χ0v) is 14.3. The van der Waals surface area contributed by atoms with Gasteiger partial charge in [0.15, 0.2) is 0 Å². The third kappa shape index (κ3) is 2.72. The SMILES string of the molecule is CCn1c(-c2c(F)cccc2F)c(-c2cnns2)cc(Br)c1=O. The highest BCUT2D eigenvalue weighted by atomic mass is 79.9. The summed E-state index contributed by atoms with van der Waals surface area (Å²) in [6.45, 7) is 2.01. The van der Waals surface area contributed by atoms with E-state index in [4.69, 9.17) is 0 Å². The average molecular weight is 398 g/mol. The molecular formula is C15H10BrF2N3OS. The predicted molar refractivity (Wildman–Crippen MR) is 88.3 cm³/mol. The Kier molecular flexibility index (Phi) is 4.36.